The molecule has 4 nitrogen and oxygen atoms in total. The Morgan fingerprint density at radius 1 is 0.628 bits per heavy atom. The molecule has 0 heterocycles. The van der Waals surface area contributed by atoms with Crippen LogP contribution in [0.2, 0.25) is 0 Å². The summed E-state index contributed by atoms with van der Waals surface area (Å²) in [5, 5.41) is 0. The Morgan fingerprint density at radius 3 is 1.37 bits per heavy atom. The molecule has 5 rings (SSSR count). The second-order valence-corrected chi connectivity index (χ2v) is 11.5. The van der Waals surface area contributed by atoms with Crippen molar-refractivity contribution in [1.82, 2.24) is 0 Å². The molecule has 0 saturated carbocycles. The van der Waals surface area contributed by atoms with Crippen molar-refractivity contribution in [3.8, 4) is 11.1 Å². The minimum atomic E-state index is -0.472. The summed E-state index contributed by atoms with van der Waals surface area (Å²) in [6, 6.07) is 35.2. The number of carbonyl (C=O) groups is 2. The summed E-state index contributed by atoms with van der Waals surface area (Å²) in [6.07, 6.45) is 4.01. The van der Waals surface area contributed by atoms with Gasteiger partial charge >= 0.3 is 11.9 Å². The minimum Gasteiger partial charge on any atom is -0.462 e. The number of benzene rings is 4. The molecule has 0 spiro atoms. The van der Waals surface area contributed by atoms with Crippen molar-refractivity contribution in [1.29, 1.82) is 0 Å². The summed E-state index contributed by atoms with van der Waals surface area (Å²) in [4.78, 5) is 23.0. The van der Waals surface area contributed by atoms with Crippen LogP contribution in [-0.4, -0.2) is 25.2 Å². The van der Waals surface area contributed by atoms with Crippen molar-refractivity contribution in [2.75, 3.05) is 13.2 Å². The molecule has 0 N–H and O–H groups in total. The fourth-order valence-corrected chi connectivity index (χ4v) is 6.29. The van der Waals surface area contributed by atoms with Gasteiger partial charge in [0.1, 0.15) is 0 Å². The average Bonchev–Trinajstić information content (AvgIpc) is 3.34. The van der Waals surface area contributed by atoms with E-state index in [1.807, 2.05) is 0 Å². The van der Waals surface area contributed by atoms with E-state index in [0.717, 1.165) is 12.8 Å². The molecule has 0 fully saturated rings. The molecule has 218 valence electrons. The Hall–Kier alpha value is -4.70. The van der Waals surface area contributed by atoms with Crippen molar-refractivity contribution in [2.45, 2.75) is 32.1 Å². The number of hydrogen-bond donors (Lipinski definition) is 0. The van der Waals surface area contributed by atoms with Crippen LogP contribution in [0.4, 0.5) is 0 Å². The Balaban J connectivity index is 1.51. The number of carbonyl (C=O) groups excluding carboxylic acids is 2. The molecule has 2 atom stereocenters. The third-order valence-electron chi connectivity index (χ3n) is 8.25. The molecule has 0 amide bonds. The van der Waals surface area contributed by atoms with Crippen LogP contribution in [0.3, 0.4) is 0 Å². The molecule has 1 aliphatic rings. The van der Waals surface area contributed by atoms with Gasteiger partial charge in [-0.1, -0.05) is 124 Å². The normalized spacial score (nSPS) is 14.1. The lowest BCUT2D eigenvalue weighted by Gasteiger charge is -2.34. The molecule has 0 bridgehead atoms. The molecule has 0 aliphatic heterocycles. The van der Waals surface area contributed by atoms with Gasteiger partial charge < -0.3 is 9.47 Å². The van der Waals surface area contributed by atoms with Crippen molar-refractivity contribution >= 4 is 11.9 Å². The van der Waals surface area contributed by atoms with Crippen LogP contribution in [-0.2, 0) is 37.3 Å². The maximum absolute atomic E-state index is 11.5. The molecule has 43 heavy (non-hydrogen) atoms. The van der Waals surface area contributed by atoms with Gasteiger partial charge in [0.25, 0.3) is 0 Å². The van der Waals surface area contributed by atoms with Crippen molar-refractivity contribution in [2.24, 2.45) is 11.8 Å². The van der Waals surface area contributed by atoms with E-state index in [1.165, 1.54) is 56.7 Å². The summed E-state index contributed by atoms with van der Waals surface area (Å²) in [7, 11) is 0. The van der Waals surface area contributed by atoms with Crippen LogP contribution in [0.25, 0.3) is 11.1 Å². The van der Waals surface area contributed by atoms with E-state index in [9.17, 15) is 9.59 Å². The molecule has 4 heteroatoms. The van der Waals surface area contributed by atoms with Gasteiger partial charge in [-0.3, -0.25) is 0 Å². The Bertz CT molecular complexity index is 1490. The summed E-state index contributed by atoms with van der Waals surface area (Å²) >= 11 is 0. The lowest BCUT2D eigenvalue weighted by Crippen LogP contribution is -2.28. The maximum Gasteiger partial charge on any atom is 0.330 e. The first-order valence-electron chi connectivity index (χ1n) is 14.8. The van der Waals surface area contributed by atoms with Crippen molar-refractivity contribution in [3.63, 3.8) is 0 Å². The van der Waals surface area contributed by atoms with Gasteiger partial charge in [-0.15, -0.1) is 0 Å². The summed E-state index contributed by atoms with van der Waals surface area (Å²) < 4.78 is 10.5. The predicted octanol–water partition coefficient (Wildman–Crippen LogP) is 7.87. The number of ether oxygens (including phenoxy) is 2. The third kappa shape index (κ3) is 6.10. The summed E-state index contributed by atoms with van der Waals surface area (Å²) in [5.41, 5.74) is 9.37. The summed E-state index contributed by atoms with van der Waals surface area (Å²) in [6.45, 7) is 11.8. The van der Waals surface area contributed by atoms with E-state index in [2.05, 4.69) is 124 Å². The Kier molecular flexibility index (Phi) is 9.06. The minimum absolute atomic E-state index is 0.187. The van der Waals surface area contributed by atoms with Gasteiger partial charge in [0, 0.05) is 12.2 Å². The van der Waals surface area contributed by atoms with Gasteiger partial charge in [0.2, 0.25) is 0 Å². The molecule has 0 radical (unpaired) electrons. The fourth-order valence-electron chi connectivity index (χ4n) is 6.29. The van der Waals surface area contributed by atoms with Gasteiger partial charge in [-0.25, -0.2) is 9.59 Å². The lowest BCUT2D eigenvalue weighted by atomic mass is 9.67. The first-order chi connectivity index (χ1) is 20.9. The first kappa shape index (κ1) is 29.8. The highest BCUT2D eigenvalue weighted by Gasteiger charge is 2.45. The monoisotopic (exact) mass is 570 g/mol. The Labute approximate surface area is 254 Å². The van der Waals surface area contributed by atoms with Crippen molar-refractivity contribution < 1.29 is 19.1 Å². The van der Waals surface area contributed by atoms with Crippen LogP contribution >= 0.6 is 0 Å². The second kappa shape index (κ2) is 13.1. The molecule has 2 unspecified atom stereocenters. The van der Waals surface area contributed by atoms with E-state index in [4.69, 9.17) is 9.47 Å². The van der Waals surface area contributed by atoms with Crippen LogP contribution in [0.15, 0.2) is 122 Å². The molecule has 4 aromatic rings. The topological polar surface area (TPSA) is 52.6 Å². The highest BCUT2D eigenvalue weighted by molar-refractivity contribution is 5.86. The second-order valence-electron chi connectivity index (χ2n) is 11.5. The van der Waals surface area contributed by atoms with Crippen LogP contribution < -0.4 is 0 Å². The summed E-state index contributed by atoms with van der Waals surface area (Å²) in [5.74, 6) is -0.405. The van der Waals surface area contributed by atoms with Crippen molar-refractivity contribution in [3.05, 3.63) is 156 Å². The zero-order valence-corrected chi connectivity index (χ0v) is 24.9. The molecule has 0 saturated heterocycles. The van der Waals surface area contributed by atoms with Crippen LogP contribution in [0, 0.1) is 11.8 Å². The smallest absolute Gasteiger partial charge is 0.330 e. The fraction of sp³-hybridized carbons (Fsp3) is 0.231. The standard InChI is InChI=1S/C39H38O4/c1-5-37(40)42-25-27(3)23-29-15-19-31(20-16-29)39(35-13-9-7-11-33(35)34-12-8-10-14-36(34)39)32-21-17-30(18-22-32)24-28(4)26-43-38(41)6-2/h5-22,27-28H,1-2,23-26H2,3-4H3. The zero-order valence-electron chi connectivity index (χ0n) is 24.9. The van der Waals surface area contributed by atoms with Gasteiger partial charge in [0.05, 0.1) is 18.6 Å². The molecule has 1 aliphatic carbocycles. The van der Waals surface area contributed by atoms with Crippen LogP contribution in [0.5, 0.6) is 0 Å². The highest BCUT2D eigenvalue weighted by Crippen LogP contribution is 2.55. The molecule has 4 aromatic carbocycles. The number of hydrogen-bond acceptors (Lipinski definition) is 4. The number of rotatable bonds is 12. The van der Waals surface area contributed by atoms with E-state index in [0.29, 0.717) is 13.2 Å². The van der Waals surface area contributed by atoms with Gasteiger partial charge in [-0.2, -0.15) is 0 Å². The Morgan fingerprint density at radius 2 is 1.00 bits per heavy atom. The lowest BCUT2D eigenvalue weighted by molar-refractivity contribution is -0.139. The SMILES string of the molecule is C=CC(=O)OCC(C)Cc1ccc(C2(c3ccc(CC(C)COC(=O)C=C)cc3)c3ccccc3-c3ccccc32)cc1. The highest BCUT2D eigenvalue weighted by atomic mass is 16.5. The van der Waals surface area contributed by atoms with Gasteiger partial charge in [-0.05, 0) is 69.2 Å². The van der Waals surface area contributed by atoms with E-state index in [1.54, 1.807) is 0 Å². The molecule has 0 aromatic heterocycles. The van der Waals surface area contributed by atoms with Gasteiger partial charge in [0.15, 0.2) is 0 Å². The van der Waals surface area contributed by atoms with E-state index >= 15 is 0 Å². The van der Waals surface area contributed by atoms with Crippen LogP contribution in [0.1, 0.15) is 47.2 Å². The molecular weight excluding hydrogens is 532 g/mol. The third-order valence-corrected chi connectivity index (χ3v) is 8.25. The average molecular weight is 571 g/mol. The first-order valence-corrected chi connectivity index (χ1v) is 14.8. The molecular formula is C39H38O4. The number of esters is 2. The zero-order chi connectivity index (χ0) is 30.4. The maximum atomic E-state index is 11.5. The van der Waals surface area contributed by atoms with E-state index in [-0.39, 0.29) is 23.8 Å². The predicted molar refractivity (Wildman–Crippen MR) is 172 cm³/mol. The van der Waals surface area contributed by atoms with E-state index < -0.39 is 5.41 Å². The number of fused-ring (bicyclic) bond motifs is 3. The quantitative estimate of drug-likeness (QED) is 0.113. The largest absolute Gasteiger partial charge is 0.462 e.